The van der Waals surface area contributed by atoms with Crippen LogP contribution in [0, 0.1) is 0 Å². The van der Waals surface area contributed by atoms with Gasteiger partial charge in [0, 0.05) is 0 Å². The van der Waals surface area contributed by atoms with E-state index in [1.165, 1.54) is 0 Å². The van der Waals surface area contributed by atoms with E-state index in [2.05, 4.69) is 4.74 Å². The molecule has 0 aromatic heterocycles. The number of carbonyl (C=O) groups is 1. The monoisotopic (exact) mass is 208 g/mol. The van der Waals surface area contributed by atoms with E-state index in [0.717, 1.165) is 29.9 Å². The molecular formula is C11H12O4. The highest BCUT2D eigenvalue weighted by Gasteiger charge is 2.12. The number of hydrogen-bond donors (Lipinski definition) is 0. The molecule has 0 bridgehead atoms. The van der Waals surface area contributed by atoms with Gasteiger partial charge >= 0.3 is 0 Å². The summed E-state index contributed by atoms with van der Waals surface area (Å²) in [5.74, 6) is 1.59. The fourth-order valence-electron chi connectivity index (χ4n) is 1.50. The van der Waals surface area contributed by atoms with Crippen LogP contribution < -0.4 is 9.47 Å². The molecule has 0 unspecified atom stereocenters. The number of rotatable bonds is 5. The van der Waals surface area contributed by atoms with Gasteiger partial charge < -0.3 is 14.2 Å². The Balaban J connectivity index is 1.89. The largest absolute Gasteiger partial charge is 0.468 e. The number of carbonyl (C=O) groups excluding carboxylic acids is 1. The number of aryl methyl sites for hydroxylation is 1. The van der Waals surface area contributed by atoms with Gasteiger partial charge in [-0.2, -0.15) is 0 Å². The lowest BCUT2D eigenvalue weighted by atomic mass is 10.1. The normalized spacial score (nSPS) is 12.5. The fraction of sp³-hybridized carbons (Fsp3) is 0.364. The molecule has 80 valence electrons. The third-order valence-corrected chi connectivity index (χ3v) is 2.23. The number of hydrogen-bond acceptors (Lipinski definition) is 4. The van der Waals surface area contributed by atoms with Crippen LogP contribution in [-0.4, -0.2) is 19.9 Å². The summed E-state index contributed by atoms with van der Waals surface area (Å²) in [6, 6.07) is 5.86. The predicted octanol–water partition coefficient (Wildman–Crippen LogP) is 1.52. The van der Waals surface area contributed by atoms with Gasteiger partial charge in [0.2, 0.25) is 6.79 Å². The molecule has 0 fully saturated rings. The Bertz CT molecular complexity index is 348. The SMILES string of the molecule is O=COCCCc1ccc2c(c1)OCO2. The van der Waals surface area contributed by atoms with Crippen LogP contribution >= 0.6 is 0 Å². The number of benzene rings is 1. The van der Waals surface area contributed by atoms with E-state index < -0.39 is 0 Å². The highest BCUT2D eigenvalue weighted by atomic mass is 16.7. The summed E-state index contributed by atoms with van der Waals surface area (Å²) in [7, 11) is 0. The summed E-state index contributed by atoms with van der Waals surface area (Å²) < 4.78 is 15.1. The molecule has 0 amide bonds. The minimum absolute atomic E-state index is 0.299. The molecule has 2 rings (SSSR count). The van der Waals surface area contributed by atoms with Gasteiger partial charge in [0.15, 0.2) is 11.5 Å². The van der Waals surface area contributed by atoms with Gasteiger partial charge in [-0.3, -0.25) is 4.79 Å². The van der Waals surface area contributed by atoms with Crippen molar-refractivity contribution in [2.24, 2.45) is 0 Å². The molecule has 0 saturated carbocycles. The van der Waals surface area contributed by atoms with Gasteiger partial charge in [0.25, 0.3) is 6.47 Å². The fourth-order valence-corrected chi connectivity index (χ4v) is 1.50. The summed E-state index contributed by atoms with van der Waals surface area (Å²) in [6.07, 6.45) is 1.68. The molecule has 15 heavy (non-hydrogen) atoms. The van der Waals surface area contributed by atoms with Crippen molar-refractivity contribution >= 4 is 6.47 Å². The van der Waals surface area contributed by atoms with Gasteiger partial charge in [-0.1, -0.05) is 6.07 Å². The van der Waals surface area contributed by atoms with Crippen molar-refractivity contribution in [1.29, 1.82) is 0 Å². The van der Waals surface area contributed by atoms with Gasteiger partial charge in [0.1, 0.15) is 0 Å². The first-order chi connectivity index (χ1) is 7.40. The maximum atomic E-state index is 9.91. The molecule has 0 N–H and O–H groups in total. The van der Waals surface area contributed by atoms with Gasteiger partial charge in [-0.05, 0) is 30.5 Å². The van der Waals surface area contributed by atoms with Gasteiger partial charge in [0.05, 0.1) is 6.61 Å². The zero-order valence-electron chi connectivity index (χ0n) is 8.27. The molecule has 1 aliphatic rings. The molecular weight excluding hydrogens is 196 g/mol. The highest BCUT2D eigenvalue weighted by molar-refractivity contribution is 5.44. The molecule has 0 radical (unpaired) electrons. The molecule has 4 nitrogen and oxygen atoms in total. The van der Waals surface area contributed by atoms with E-state index in [1.54, 1.807) is 0 Å². The van der Waals surface area contributed by atoms with Crippen LogP contribution in [0.3, 0.4) is 0 Å². The summed E-state index contributed by atoms with van der Waals surface area (Å²) in [4.78, 5) is 9.91. The lowest BCUT2D eigenvalue weighted by Gasteiger charge is -2.02. The van der Waals surface area contributed by atoms with Crippen LogP contribution in [0.25, 0.3) is 0 Å². The van der Waals surface area contributed by atoms with Crippen molar-refractivity contribution in [2.45, 2.75) is 12.8 Å². The lowest BCUT2D eigenvalue weighted by Crippen LogP contribution is -1.94. The first-order valence-electron chi connectivity index (χ1n) is 4.84. The van der Waals surface area contributed by atoms with Crippen molar-refractivity contribution in [2.75, 3.05) is 13.4 Å². The van der Waals surface area contributed by atoms with E-state index in [4.69, 9.17) is 9.47 Å². The van der Waals surface area contributed by atoms with E-state index in [0.29, 0.717) is 19.9 Å². The second kappa shape index (κ2) is 4.68. The maximum Gasteiger partial charge on any atom is 0.293 e. The number of ether oxygens (including phenoxy) is 3. The van der Waals surface area contributed by atoms with Crippen molar-refractivity contribution < 1.29 is 19.0 Å². The summed E-state index contributed by atoms with van der Waals surface area (Å²) in [5.41, 5.74) is 1.16. The van der Waals surface area contributed by atoms with Crippen molar-refractivity contribution in [3.8, 4) is 11.5 Å². The second-order valence-electron chi connectivity index (χ2n) is 3.26. The van der Waals surface area contributed by atoms with E-state index in [-0.39, 0.29) is 0 Å². The molecule has 0 spiro atoms. The van der Waals surface area contributed by atoms with Crippen LogP contribution in [0.4, 0.5) is 0 Å². The Hall–Kier alpha value is -1.71. The maximum absolute atomic E-state index is 9.91. The van der Waals surface area contributed by atoms with Crippen LogP contribution in [-0.2, 0) is 16.0 Å². The smallest absolute Gasteiger partial charge is 0.293 e. The highest BCUT2D eigenvalue weighted by Crippen LogP contribution is 2.32. The standard InChI is InChI=1S/C11H12O4/c12-7-13-5-1-2-9-3-4-10-11(6-9)15-8-14-10/h3-4,6-7H,1-2,5,8H2. The predicted molar refractivity (Wildman–Crippen MR) is 52.9 cm³/mol. The van der Waals surface area contributed by atoms with E-state index in [1.807, 2.05) is 18.2 Å². The first kappa shape index (κ1) is 9.83. The van der Waals surface area contributed by atoms with Crippen LogP contribution in [0.15, 0.2) is 18.2 Å². The van der Waals surface area contributed by atoms with Crippen LogP contribution in [0.1, 0.15) is 12.0 Å². The average molecular weight is 208 g/mol. The second-order valence-corrected chi connectivity index (χ2v) is 3.26. The minimum atomic E-state index is 0.299. The summed E-state index contributed by atoms with van der Waals surface area (Å²) in [5, 5.41) is 0. The van der Waals surface area contributed by atoms with Crippen molar-refractivity contribution in [3.05, 3.63) is 23.8 Å². The Labute approximate surface area is 87.8 Å². The van der Waals surface area contributed by atoms with E-state index >= 15 is 0 Å². The molecule has 1 aromatic rings. The average Bonchev–Trinajstić information content (AvgIpc) is 2.71. The van der Waals surface area contributed by atoms with Gasteiger partial charge in [-0.15, -0.1) is 0 Å². The molecule has 1 heterocycles. The molecule has 1 aromatic carbocycles. The Morgan fingerprint density at radius 1 is 1.33 bits per heavy atom. The van der Waals surface area contributed by atoms with Crippen molar-refractivity contribution in [3.63, 3.8) is 0 Å². The topological polar surface area (TPSA) is 44.8 Å². The quantitative estimate of drug-likeness (QED) is 0.543. The Morgan fingerprint density at radius 3 is 3.07 bits per heavy atom. The van der Waals surface area contributed by atoms with Crippen LogP contribution in [0.5, 0.6) is 11.5 Å². The first-order valence-corrected chi connectivity index (χ1v) is 4.84. The zero-order chi connectivity index (χ0) is 10.5. The third kappa shape index (κ3) is 2.40. The summed E-state index contributed by atoms with van der Waals surface area (Å²) >= 11 is 0. The third-order valence-electron chi connectivity index (χ3n) is 2.23. The Kier molecular flexibility index (Phi) is 3.07. The summed E-state index contributed by atoms with van der Waals surface area (Å²) in [6.45, 7) is 1.23. The molecule has 1 aliphatic heterocycles. The minimum Gasteiger partial charge on any atom is -0.468 e. The van der Waals surface area contributed by atoms with Crippen LogP contribution in [0.2, 0.25) is 0 Å². The Morgan fingerprint density at radius 2 is 2.20 bits per heavy atom. The molecule has 4 heteroatoms. The van der Waals surface area contributed by atoms with Gasteiger partial charge in [-0.25, -0.2) is 0 Å². The van der Waals surface area contributed by atoms with Crippen molar-refractivity contribution in [1.82, 2.24) is 0 Å². The molecule has 0 saturated heterocycles. The zero-order valence-corrected chi connectivity index (χ0v) is 8.27. The lowest BCUT2D eigenvalue weighted by molar-refractivity contribution is -0.128. The molecule has 0 atom stereocenters. The molecule has 0 aliphatic carbocycles. The van der Waals surface area contributed by atoms with E-state index in [9.17, 15) is 4.79 Å². The number of fused-ring (bicyclic) bond motifs is 1.